The molecule has 0 bridgehead atoms. The fourth-order valence-corrected chi connectivity index (χ4v) is 2.18. The average molecular weight is 323 g/mol. The average Bonchev–Trinajstić information content (AvgIpc) is 2.50. The molecule has 6 heteroatoms. The quantitative estimate of drug-likeness (QED) is 0.644. The molecular weight excluding hydrogens is 298 g/mol. The third-order valence-corrected chi connectivity index (χ3v) is 3.43. The lowest BCUT2D eigenvalue weighted by Gasteiger charge is -2.22. The number of carboxylic acids is 1. The van der Waals surface area contributed by atoms with Crippen molar-refractivity contribution in [2.75, 3.05) is 19.8 Å². The van der Waals surface area contributed by atoms with Gasteiger partial charge in [-0.25, -0.2) is 0 Å². The van der Waals surface area contributed by atoms with Gasteiger partial charge in [-0.05, 0) is 31.9 Å². The van der Waals surface area contributed by atoms with Crippen molar-refractivity contribution in [3.05, 3.63) is 35.4 Å². The van der Waals surface area contributed by atoms with Crippen LogP contribution in [0, 0.1) is 6.92 Å². The lowest BCUT2D eigenvalue weighted by Crippen LogP contribution is -2.38. The Morgan fingerprint density at radius 3 is 2.57 bits per heavy atom. The van der Waals surface area contributed by atoms with Gasteiger partial charge in [0.25, 0.3) is 0 Å². The predicted molar refractivity (Wildman–Crippen MR) is 86.2 cm³/mol. The lowest BCUT2D eigenvalue weighted by atomic mass is 9.98. The summed E-state index contributed by atoms with van der Waals surface area (Å²) in [6.07, 6.45) is -0.849. The summed E-state index contributed by atoms with van der Waals surface area (Å²) < 4.78 is 10.5. The van der Waals surface area contributed by atoms with Gasteiger partial charge in [0, 0.05) is 6.61 Å². The maximum Gasteiger partial charge on any atom is 0.305 e. The molecule has 0 aliphatic heterocycles. The molecule has 2 unspecified atom stereocenters. The van der Waals surface area contributed by atoms with Crippen molar-refractivity contribution in [1.29, 1.82) is 0 Å². The fraction of sp³-hybridized carbons (Fsp3) is 0.529. The highest BCUT2D eigenvalue weighted by Crippen LogP contribution is 2.21. The number of ether oxygens (including phenoxy) is 2. The van der Waals surface area contributed by atoms with Gasteiger partial charge in [-0.15, -0.1) is 0 Å². The number of hydrogen-bond donors (Lipinski definition) is 2. The Kier molecular flexibility index (Phi) is 8.29. The molecule has 2 N–H and O–H groups in total. The first kappa shape index (κ1) is 19.1. The minimum Gasteiger partial charge on any atom is -0.481 e. The number of nitrogens with one attached hydrogen (secondary N) is 1. The minimum atomic E-state index is -0.969. The Balaban J connectivity index is 2.68. The second-order valence-corrected chi connectivity index (χ2v) is 5.23. The largest absolute Gasteiger partial charge is 0.481 e. The Hall–Kier alpha value is -1.92. The third kappa shape index (κ3) is 6.80. The zero-order chi connectivity index (χ0) is 17.2. The minimum absolute atomic E-state index is 0.178. The van der Waals surface area contributed by atoms with E-state index in [1.807, 2.05) is 38.1 Å². The summed E-state index contributed by atoms with van der Waals surface area (Å²) in [6, 6.07) is 6.82. The highest BCUT2D eigenvalue weighted by molar-refractivity contribution is 5.81. The molecule has 0 radical (unpaired) electrons. The van der Waals surface area contributed by atoms with Gasteiger partial charge in [0.1, 0.15) is 6.10 Å². The molecule has 23 heavy (non-hydrogen) atoms. The van der Waals surface area contributed by atoms with Crippen LogP contribution in [0.15, 0.2) is 24.3 Å². The summed E-state index contributed by atoms with van der Waals surface area (Å²) in [5.74, 6) is -1.31. The lowest BCUT2D eigenvalue weighted by molar-refractivity contribution is -0.138. The summed E-state index contributed by atoms with van der Waals surface area (Å²) in [6.45, 7) is 6.74. The van der Waals surface area contributed by atoms with Crippen LogP contribution in [-0.4, -0.2) is 42.9 Å². The van der Waals surface area contributed by atoms with Gasteiger partial charge in [0.15, 0.2) is 0 Å². The highest BCUT2D eigenvalue weighted by atomic mass is 16.5. The van der Waals surface area contributed by atoms with Crippen molar-refractivity contribution < 1.29 is 24.2 Å². The number of amides is 1. The summed E-state index contributed by atoms with van der Waals surface area (Å²) in [5, 5.41) is 11.8. The van der Waals surface area contributed by atoms with E-state index in [2.05, 4.69) is 5.32 Å². The standard InChI is InChI=1S/C17H25NO5/c1-4-22-9-10-23-13(3)17(21)18-15(11-16(19)20)14-8-6-5-7-12(14)2/h5-8,13,15H,4,9-11H2,1-3H3,(H,18,21)(H,19,20). The summed E-state index contributed by atoms with van der Waals surface area (Å²) >= 11 is 0. The van der Waals surface area contributed by atoms with E-state index in [0.29, 0.717) is 19.8 Å². The van der Waals surface area contributed by atoms with Crippen LogP contribution in [0.1, 0.15) is 37.4 Å². The normalized spacial score (nSPS) is 13.3. The molecule has 0 aromatic heterocycles. The van der Waals surface area contributed by atoms with Crippen molar-refractivity contribution in [3.63, 3.8) is 0 Å². The predicted octanol–water partition coefficient (Wildman–Crippen LogP) is 2.07. The van der Waals surface area contributed by atoms with E-state index in [4.69, 9.17) is 14.6 Å². The molecule has 0 heterocycles. The molecule has 1 rings (SSSR count). The number of carbonyl (C=O) groups is 2. The van der Waals surface area contributed by atoms with Crippen molar-refractivity contribution in [2.45, 2.75) is 39.3 Å². The third-order valence-electron chi connectivity index (χ3n) is 3.43. The highest BCUT2D eigenvalue weighted by Gasteiger charge is 2.22. The van der Waals surface area contributed by atoms with E-state index in [1.54, 1.807) is 6.92 Å². The number of hydrogen-bond acceptors (Lipinski definition) is 4. The van der Waals surface area contributed by atoms with Gasteiger partial charge in [0.2, 0.25) is 5.91 Å². The van der Waals surface area contributed by atoms with E-state index in [1.165, 1.54) is 0 Å². The second kappa shape index (κ2) is 9.97. The van der Waals surface area contributed by atoms with E-state index in [0.717, 1.165) is 11.1 Å². The molecule has 0 saturated heterocycles. The molecule has 0 spiro atoms. The summed E-state index contributed by atoms with van der Waals surface area (Å²) in [7, 11) is 0. The van der Waals surface area contributed by atoms with Crippen LogP contribution < -0.4 is 5.32 Å². The van der Waals surface area contributed by atoms with Gasteiger partial charge < -0.3 is 19.9 Å². The first-order valence-corrected chi connectivity index (χ1v) is 7.72. The molecule has 1 amide bonds. The molecule has 1 aromatic rings. The molecule has 6 nitrogen and oxygen atoms in total. The molecule has 128 valence electrons. The van der Waals surface area contributed by atoms with Crippen LogP contribution in [0.4, 0.5) is 0 Å². The SMILES string of the molecule is CCOCCOC(C)C(=O)NC(CC(=O)O)c1ccccc1C. The Bertz CT molecular complexity index is 517. The zero-order valence-corrected chi connectivity index (χ0v) is 13.9. The zero-order valence-electron chi connectivity index (χ0n) is 13.9. The summed E-state index contributed by atoms with van der Waals surface area (Å²) in [5.41, 5.74) is 1.73. The molecule has 0 aliphatic carbocycles. The molecule has 0 fully saturated rings. The summed E-state index contributed by atoms with van der Waals surface area (Å²) in [4.78, 5) is 23.3. The van der Waals surface area contributed by atoms with Crippen molar-refractivity contribution >= 4 is 11.9 Å². The van der Waals surface area contributed by atoms with Gasteiger partial charge in [-0.2, -0.15) is 0 Å². The van der Waals surface area contributed by atoms with E-state index in [9.17, 15) is 9.59 Å². The number of aliphatic carboxylic acids is 1. The van der Waals surface area contributed by atoms with Crippen LogP contribution in [-0.2, 0) is 19.1 Å². The Labute approximate surface area is 136 Å². The maximum absolute atomic E-state index is 12.2. The van der Waals surface area contributed by atoms with Crippen LogP contribution >= 0.6 is 0 Å². The Morgan fingerprint density at radius 1 is 1.26 bits per heavy atom. The Morgan fingerprint density at radius 2 is 1.96 bits per heavy atom. The van der Waals surface area contributed by atoms with Gasteiger partial charge in [0.05, 0.1) is 25.7 Å². The fourth-order valence-electron chi connectivity index (χ4n) is 2.18. The number of rotatable bonds is 10. The van der Waals surface area contributed by atoms with Crippen molar-refractivity contribution in [2.24, 2.45) is 0 Å². The van der Waals surface area contributed by atoms with E-state index >= 15 is 0 Å². The topological polar surface area (TPSA) is 84.9 Å². The monoisotopic (exact) mass is 323 g/mol. The van der Waals surface area contributed by atoms with Crippen LogP contribution in [0.2, 0.25) is 0 Å². The van der Waals surface area contributed by atoms with Gasteiger partial charge in [-0.1, -0.05) is 24.3 Å². The van der Waals surface area contributed by atoms with Gasteiger partial charge in [-0.3, -0.25) is 9.59 Å². The number of carboxylic acid groups (broad SMARTS) is 1. The molecule has 0 aliphatic rings. The van der Waals surface area contributed by atoms with Gasteiger partial charge >= 0.3 is 5.97 Å². The van der Waals surface area contributed by atoms with E-state index in [-0.39, 0.29) is 12.3 Å². The van der Waals surface area contributed by atoms with E-state index < -0.39 is 18.1 Å². The number of carbonyl (C=O) groups excluding carboxylic acids is 1. The van der Waals surface area contributed by atoms with Crippen molar-refractivity contribution in [3.8, 4) is 0 Å². The number of benzene rings is 1. The number of aryl methyl sites for hydroxylation is 1. The molecular formula is C17H25NO5. The van der Waals surface area contributed by atoms with Crippen LogP contribution in [0.3, 0.4) is 0 Å². The second-order valence-electron chi connectivity index (χ2n) is 5.23. The van der Waals surface area contributed by atoms with Crippen LogP contribution in [0.25, 0.3) is 0 Å². The first-order valence-electron chi connectivity index (χ1n) is 7.72. The van der Waals surface area contributed by atoms with Crippen LogP contribution in [0.5, 0.6) is 0 Å². The molecule has 2 atom stereocenters. The molecule has 0 saturated carbocycles. The smallest absolute Gasteiger partial charge is 0.305 e. The first-order chi connectivity index (χ1) is 11.0. The van der Waals surface area contributed by atoms with Crippen molar-refractivity contribution in [1.82, 2.24) is 5.32 Å². The molecule has 1 aromatic carbocycles. The maximum atomic E-state index is 12.2.